The standard InChI is InChI=1S/C24H24N4O6S2/c1-3-32-21-15-17(10-11-20(21)34-13-7-12-33-19-8-5-4-6-9-19)14-18(16-25)22(29)26-23-27-24(28-35-23)36(2,30)31/h4-6,8-11,14-15H,3,7,12-13H2,1-2H3,(H,26,27,28,29). The van der Waals surface area contributed by atoms with Crippen LogP contribution in [0.15, 0.2) is 59.3 Å². The van der Waals surface area contributed by atoms with Crippen LogP contribution in [-0.4, -0.2) is 49.8 Å². The lowest BCUT2D eigenvalue weighted by atomic mass is 10.1. The summed E-state index contributed by atoms with van der Waals surface area (Å²) in [5, 5.41) is 11.4. The van der Waals surface area contributed by atoms with Gasteiger partial charge >= 0.3 is 0 Å². The lowest BCUT2D eigenvalue weighted by molar-refractivity contribution is -0.112. The molecular formula is C24H24N4O6S2. The number of hydrogen-bond acceptors (Lipinski definition) is 10. The Bertz CT molecular complexity index is 1360. The van der Waals surface area contributed by atoms with E-state index >= 15 is 0 Å². The summed E-state index contributed by atoms with van der Waals surface area (Å²) in [6.45, 7) is 3.13. The molecule has 1 aromatic heterocycles. The van der Waals surface area contributed by atoms with Gasteiger partial charge in [-0.2, -0.15) is 14.6 Å². The van der Waals surface area contributed by atoms with Gasteiger partial charge in [0.2, 0.25) is 15.0 Å². The Morgan fingerprint density at radius 2 is 1.86 bits per heavy atom. The molecular weight excluding hydrogens is 504 g/mol. The van der Waals surface area contributed by atoms with Gasteiger partial charge in [0, 0.05) is 24.2 Å². The zero-order valence-electron chi connectivity index (χ0n) is 19.6. The van der Waals surface area contributed by atoms with E-state index in [1.165, 1.54) is 6.08 Å². The number of amides is 1. The van der Waals surface area contributed by atoms with E-state index in [0.29, 0.717) is 54.8 Å². The maximum absolute atomic E-state index is 12.5. The van der Waals surface area contributed by atoms with Crippen LogP contribution in [0.3, 0.4) is 0 Å². The van der Waals surface area contributed by atoms with Gasteiger partial charge in [0.25, 0.3) is 11.1 Å². The molecule has 1 N–H and O–H groups in total. The molecule has 0 atom stereocenters. The maximum atomic E-state index is 12.5. The summed E-state index contributed by atoms with van der Waals surface area (Å²) in [5.41, 5.74) is 0.333. The monoisotopic (exact) mass is 528 g/mol. The summed E-state index contributed by atoms with van der Waals surface area (Å²) < 4.78 is 43.9. The number of nitriles is 1. The number of ether oxygens (including phenoxy) is 3. The Hall–Kier alpha value is -3.95. The highest BCUT2D eigenvalue weighted by molar-refractivity contribution is 7.90. The van der Waals surface area contributed by atoms with Crippen LogP contribution in [0.1, 0.15) is 18.9 Å². The molecule has 0 radical (unpaired) electrons. The summed E-state index contributed by atoms with van der Waals surface area (Å²) in [6.07, 6.45) is 3.00. The molecule has 2 aromatic carbocycles. The van der Waals surface area contributed by atoms with Gasteiger partial charge in [0.1, 0.15) is 17.4 Å². The van der Waals surface area contributed by atoms with Gasteiger partial charge < -0.3 is 14.2 Å². The summed E-state index contributed by atoms with van der Waals surface area (Å²) in [4.78, 5) is 16.3. The first-order valence-corrected chi connectivity index (χ1v) is 13.5. The zero-order valence-corrected chi connectivity index (χ0v) is 21.3. The van der Waals surface area contributed by atoms with Gasteiger partial charge in [0.15, 0.2) is 11.5 Å². The number of para-hydroxylation sites is 1. The number of anilines is 1. The molecule has 0 saturated carbocycles. The molecule has 3 rings (SSSR count). The summed E-state index contributed by atoms with van der Waals surface area (Å²) in [6, 6.07) is 16.4. The number of hydrogen-bond donors (Lipinski definition) is 1. The number of benzene rings is 2. The van der Waals surface area contributed by atoms with Crippen LogP contribution < -0.4 is 19.5 Å². The summed E-state index contributed by atoms with van der Waals surface area (Å²) in [7, 11) is -3.60. The van der Waals surface area contributed by atoms with Crippen LogP contribution in [0.5, 0.6) is 17.2 Å². The normalized spacial score (nSPS) is 11.4. The van der Waals surface area contributed by atoms with Crippen molar-refractivity contribution in [1.82, 2.24) is 9.36 Å². The minimum Gasteiger partial charge on any atom is -0.493 e. The van der Waals surface area contributed by atoms with E-state index < -0.39 is 20.9 Å². The smallest absolute Gasteiger partial charge is 0.268 e. The molecule has 0 unspecified atom stereocenters. The Morgan fingerprint density at radius 1 is 1.11 bits per heavy atom. The van der Waals surface area contributed by atoms with Crippen molar-refractivity contribution in [2.75, 3.05) is 31.4 Å². The highest BCUT2D eigenvalue weighted by Crippen LogP contribution is 2.30. The highest BCUT2D eigenvalue weighted by atomic mass is 32.2. The molecule has 0 aliphatic rings. The summed E-state index contributed by atoms with van der Waals surface area (Å²) in [5.74, 6) is 1.04. The molecule has 1 amide bonds. The molecule has 0 bridgehead atoms. The van der Waals surface area contributed by atoms with Crippen molar-refractivity contribution in [2.45, 2.75) is 18.5 Å². The second-order valence-corrected chi connectivity index (χ2v) is 9.94. The molecule has 188 valence electrons. The Balaban J connectivity index is 1.63. The molecule has 3 aromatic rings. The third-order valence-electron chi connectivity index (χ3n) is 4.46. The van der Waals surface area contributed by atoms with Crippen molar-refractivity contribution in [3.8, 4) is 23.3 Å². The second kappa shape index (κ2) is 12.7. The van der Waals surface area contributed by atoms with Crippen LogP contribution in [-0.2, 0) is 14.6 Å². The molecule has 0 spiro atoms. The Labute approximate surface area is 213 Å². The van der Waals surface area contributed by atoms with Crippen molar-refractivity contribution < 1.29 is 27.4 Å². The van der Waals surface area contributed by atoms with Crippen LogP contribution >= 0.6 is 11.5 Å². The Morgan fingerprint density at radius 3 is 2.53 bits per heavy atom. The molecule has 12 heteroatoms. The lowest BCUT2D eigenvalue weighted by Gasteiger charge is -2.13. The van der Waals surface area contributed by atoms with E-state index in [4.69, 9.17) is 14.2 Å². The highest BCUT2D eigenvalue weighted by Gasteiger charge is 2.18. The predicted molar refractivity (Wildman–Crippen MR) is 135 cm³/mol. The van der Waals surface area contributed by atoms with Gasteiger partial charge in [-0.1, -0.05) is 24.3 Å². The third-order valence-corrected chi connectivity index (χ3v) is 6.05. The van der Waals surface area contributed by atoms with E-state index in [2.05, 4.69) is 14.7 Å². The molecule has 36 heavy (non-hydrogen) atoms. The van der Waals surface area contributed by atoms with E-state index in [1.807, 2.05) is 43.3 Å². The fourth-order valence-electron chi connectivity index (χ4n) is 2.84. The molecule has 10 nitrogen and oxygen atoms in total. The Kier molecular flexibility index (Phi) is 9.38. The fraction of sp³-hybridized carbons (Fsp3) is 0.250. The largest absolute Gasteiger partial charge is 0.493 e. The number of aromatic nitrogens is 2. The SMILES string of the molecule is CCOc1cc(C=C(C#N)C(=O)Nc2nc(S(C)(=O)=O)ns2)ccc1OCCCOc1ccccc1. The molecule has 0 saturated heterocycles. The van der Waals surface area contributed by atoms with Gasteiger partial charge in [-0.05, 0) is 42.8 Å². The molecule has 0 aliphatic heterocycles. The first kappa shape index (κ1) is 26.7. The average molecular weight is 529 g/mol. The first-order chi connectivity index (χ1) is 17.3. The van der Waals surface area contributed by atoms with E-state index in [0.717, 1.165) is 12.0 Å². The quantitative estimate of drug-likeness (QED) is 0.211. The average Bonchev–Trinajstić information content (AvgIpc) is 3.33. The van der Waals surface area contributed by atoms with Gasteiger partial charge in [-0.25, -0.2) is 8.42 Å². The van der Waals surface area contributed by atoms with Gasteiger partial charge in [-0.3, -0.25) is 10.1 Å². The second-order valence-electron chi connectivity index (χ2n) is 7.28. The van der Waals surface area contributed by atoms with Crippen molar-refractivity contribution in [3.63, 3.8) is 0 Å². The predicted octanol–water partition coefficient (Wildman–Crippen LogP) is 3.73. The van der Waals surface area contributed by atoms with Crippen LogP contribution in [0.25, 0.3) is 6.08 Å². The zero-order chi connectivity index (χ0) is 26.0. The van der Waals surface area contributed by atoms with Crippen molar-refractivity contribution in [3.05, 3.63) is 59.7 Å². The van der Waals surface area contributed by atoms with Gasteiger partial charge in [0.05, 0.1) is 19.8 Å². The lowest BCUT2D eigenvalue weighted by Crippen LogP contribution is -2.13. The van der Waals surface area contributed by atoms with Crippen molar-refractivity contribution in [2.24, 2.45) is 0 Å². The van der Waals surface area contributed by atoms with Crippen molar-refractivity contribution in [1.29, 1.82) is 5.26 Å². The minimum atomic E-state index is -3.60. The minimum absolute atomic E-state index is 0.0310. The van der Waals surface area contributed by atoms with E-state index in [9.17, 15) is 18.5 Å². The van der Waals surface area contributed by atoms with E-state index in [1.54, 1.807) is 18.2 Å². The van der Waals surface area contributed by atoms with Gasteiger partial charge in [-0.15, -0.1) is 0 Å². The molecule has 1 heterocycles. The topological polar surface area (TPSA) is 140 Å². The number of carbonyl (C=O) groups excluding carboxylic acids is 1. The molecule has 0 fully saturated rings. The van der Waals surface area contributed by atoms with Crippen LogP contribution in [0.4, 0.5) is 5.13 Å². The summed E-state index contributed by atoms with van der Waals surface area (Å²) >= 11 is 0.705. The maximum Gasteiger partial charge on any atom is 0.268 e. The van der Waals surface area contributed by atoms with Crippen LogP contribution in [0, 0.1) is 11.3 Å². The number of carbonyl (C=O) groups is 1. The number of rotatable bonds is 12. The van der Waals surface area contributed by atoms with Crippen molar-refractivity contribution >= 4 is 38.5 Å². The molecule has 0 aliphatic carbocycles. The first-order valence-electron chi connectivity index (χ1n) is 10.8. The fourth-order valence-corrected chi connectivity index (χ4v) is 4.28. The third kappa shape index (κ3) is 7.79. The number of sulfone groups is 1. The number of nitrogens with one attached hydrogen (secondary N) is 1. The number of nitrogens with zero attached hydrogens (tertiary/aromatic N) is 3. The van der Waals surface area contributed by atoms with Crippen LogP contribution in [0.2, 0.25) is 0 Å². The van der Waals surface area contributed by atoms with E-state index in [-0.39, 0.29) is 10.7 Å².